The number of aromatic nitrogens is 1. The molecule has 2 aliphatic carbocycles. The first-order chi connectivity index (χ1) is 17.0. The summed E-state index contributed by atoms with van der Waals surface area (Å²) >= 11 is 0. The summed E-state index contributed by atoms with van der Waals surface area (Å²) in [5, 5.41) is 3.01. The van der Waals surface area contributed by atoms with Gasteiger partial charge in [-0.05, 0) is 85.9 Å². The summed E-state index contributed by atoms with van der Waals surface area (Å²) in [4.78, 5) is 22.5. The maximum absolute atomic E-state index is 14.0. The van der Waals surface area contributed by atoms with Crippen LogP contribution in [0.5, 0.6) is 0 Å². The number of hydrogen-bond acceptors (Lipinski definition) is 6. The Balaban J connectivity index is 1.03. The molecule has 2 saturated heterocycles. The number of likely N-dealkylation sites (N-methyl/N-ethyl adjacent to an activating group) is 1. The number of rotatable bonds is 3. The predicted molar refractivity (Wildman–Crippen MR) is 132 cm³/mol. The lowest BCUT2D eigenvalue weighted by atomic mass is 9.72. The van der Waals surface area contributed by atoms with Crippen molar-refractivity contribution in [3.63, 3.8) is 0 Å². The lowest BCUT2D eigenvalue weighted by Gasteiger charge is -2.34. The molecule has 35 heavy (non-hydrogen) atoms. The van der Waals surface area contributed by atoms with Crippen LogP contribution < -0.4 is 21.1 Å². The van der Waals surface area contributed by atoms with E-state index < -0.39 is 5.41 Å². The van der Waals surface area contributed by atoms with Gasteiger partial charge in [0.15, 0.2) is 0 Å². The van der Waals surface area contributed by atoms with E-state index in [2.05, 4.69) is 45.1 Å². The zero-order valence-electron chi connectivity index (χ0n) is 20.1. The number of carbonyl (C=O) groups excluding carboxylic acids is 1. The fraction of sp³-hybridized carbons (Fsp3) is 0.556. The number of carbonyl (C=O) groups is 1. The van der Waals surface area contributed by atoms with Crippen LogP contribution in [0.4, 0.5) is 15.9 Å². The molecule has 3 aliphatic heterocycles. The Morgan fingerprint density at radius 3 is 2.74 bits per heavy atom. The van der Waals surface area contributed by atoms with E-state index in [-0.39, 0.29) is 17.8 Å². The lowest BCUT2D eigenvalue weighted by molar-refractivity contribution is -0.118. The van der Waals surface area contributed by atoms with Crippen LogP contribution >= 0.6 is 0 Å². The first-order valence-corrected chi connectivity index (χ1v) is 13.0. The highest BCUT2D eigenvalue weighted by Crippen LogP contribution is 2.65. The lowest BCUT2D eigenvalue weighted by Crippen LogP contribution is -2.44. The number of halogens is 1. The topological polar surface area (TPSA) is 72.5 Å². The molecule has 1 aromatic heterocycles. The minimum Gasteiger partial charge on any atom is -0.354 e. The van der Waals surface area contributed by atoms with Crippen LogP contribution in [0.25, 0.3) is 0 Å². The van der Waals surface area contributed by atoms with Crippen LogP contribution in [0.3, 0.4) is 0 Å². The Labute approximate surface area is 205 Å². The number of pyridine rings is 1. The predicted octanol–water partition coefficient (Wildman–Crippen LogP) is 2.82. The number of nitrogens with one attached hydrogen (secondary N) is 3. The number of benzene rings is 1. The first kappa shape index (κ1) is 21.7. The Kier molecular flexibility index (Phi) is 4.95. The SMILES string of the molecule is CN1CCN(c2ccc(C3NNC4CC([C@@H]5C[C@@]56C(=O)Nc5ccc(F)cc56)CCC43)cn2)CC1. The van der Waals surface area contributed by atoms with Crippen LogP contribution in [0, 0.1) is 23.6 Å². The quantitative estimate of drug-likeness (QED) is 0.633. The summed E-state index contributed by atoms with van der Waals surface area (Å²) in [5.41, 5.74) is 9.51. The Morgan fingerprint density at radius 2 is 1.94 bits per heavy atom. The second-order valence-corrected chi connectivity index (χ2v) is 11.3. The number of hydrazine groups is 1. The summed E-state index contributed by atoms with van der Waals surface area (Å²) in [6.45, 7) is 4.20. The van der Waals surface area contributed by atoms with Crippen molar-refractivity contribution in [1.29, 1.82) is 0 Å². The van der Waals surface area contributed by atoms with Crippen LogP contribution in [-0.4, -0.2) is 55.1 Å². The summed E-state index contributed by atoms with van der Waals surface area (Å²) in [6.07, 6.45) is 6.16. The van der Waals surface area contributed by atoms with Crippen molar-refractivity contribution in [2.45, 2.75) is 43.2 Å². The Morgan fingerprint density at radius 1 is 1.09 bits per heavy atom. The van der Waals surface area contributed by atoms with Gasteiger partial charge in [0, 0.05) is 44.1 Å². The molecule has 7 rings (SSSR count). The van der Waals surface area contributed by atoms with Crippen molar-refractivity contribution in [3.05, 3.63) is 53.5 Å². The van der Waals surface area contributed by atoms with Gasteiger partial charge >= 0.3 is 0 Å². The van der Waals surface area contributed by atoms with Crippen molar-refractivity contribution in [2.75, 3.05) is 43.4 Å². The molecule has 8 heteroatoms. The van der Waals surface area contributed by atoms with Gasteiger partial charge in [-0.1, -0.05) is 6.07 Å². The summed E-state index contributed by atoms with van der Waals surface area (Å²) in [5.74, 6) is 2.16. The number of fused-ring (bicyclic) bond motifs is 3. The zero-order chi connectivity index (χ0) is 23.7. The van der Waals surface area contributed by atoms with E-state index in [9.17, 15) is 9.18 Å². The van der Waals surface area contributed by atoms with Gasteiger partial charge in [0.25, 0.3) is 0 Å². The highest BCUT2D eigenvalue weighted by Gasteiger charge is 2.67. The molecule has 4 unspecified atom stereocenters. The molecule has 7 nitrogen and oxygen atoms in total. The van der Waals surface area contributed by atoms with Gasteiger partial charge in [0.1, 0.15) is 11.6 Å². The zero-order valence-corrected chi connectivity index (χ0v) is 20.1. The highest BCUT2D eigenvalue weighted by molar-refractivity contribution is 6.08. The van der Waals surface area contributed by atoms with Crippen LogP contribution in [0.1, 0.15) is 42.9 Å². The molecule has 2 aromatic rings. The normalized spacial score (nSPS) is 36.2. The Bertz CT molecular complexity index is 1150. The van der Waals surface area contributed by atoms with Gasteiger partial charge in [-0.15, -0.1) is 0 Å². The van der Waals surface area contributed by atoms with Crippen molar-refractivity contribution in [3.8, 4) is 0 Å². The number of piperazine rings is 1. The average Bonchev–Trinajstić information content (AvgIpc) is 3.40. The fourth-order valence-electron chi connectivity index (χ4n) is 7.37. The van der Waals surface area contributed by atoms with Crippen LogP contribution in [0.15, 0.2) is 36.5 Å². The molecule has 4 fully saturated rings. The number of hydrogen-bond donors (Lipinski definition) is 3. The summed E-state index contributed by atoms with van der Waals surface area (Å²) in [7, 11) is 2.17. The van der Waals surface area contributed by atoms with E-state index >= 15 is 0 Å². The van der Waals surface area contributed by atoms with Gasteiger partial charge in [-0.3, -0.25) is 10.2 Å². The van der Waals surface area contributed by atoms with Crippen molar-refractivity contribution in [1.82, 2.24) is 20.7 Å². The maximum Gasteiger partial charge on any atom is 0.235 e. The smallest absolute Gasteiger partial charge is 0.235 e. The molecule has 184 valence electrons. The van der Waals surface area contributed by atoms with E-state index in [1.807, 2.05) is 6.20 Å². The molecular formula is C27H33FN6O. The van der Waals surface area contributed by atoms with Gasteiger partial charge in [0.2, 0.25) is 5.91 Å². The number of anilines is 2. The van der Waals surface area contributed by atoms with Crippen molar-refractivity contribution < 1.29 is 9.18 Å². The molecule has 3 N–H and O–H groups in total. The minimum atomic E-state index is -0.511. The van der Waals surface area contributed by atoms with Crippen LogP contribution in [0.2, 0.25) is 0 Å². The summed E-state index contributed by atoms with van der Waals surface area (Å²) < 4.78 is 14.0. The maximum atomic E-state index is 14.0. The molecule has 0 radical (unpaired) electrons. The van der Waals surface area contributed by atoms with Gasteiger partial charge in [-0.2, -0.15) is 0 Å². The van der Waals surface area contributed by atoms with Gasteiger partial charge in [-0.25, -0.2) is 14.8 Å². The van der Waals surface area contributed by atoms with E-state index in [1.54, 1.807) is 12.1 Å². The molecule has 0 bridgehead atoms. The average molecular weight is 477 g/mol. The molecule has 1 aromatic carbocycles. The van der Waals surface area contributed by atoms with E-state index in [0.29, 0.717) is 23.8 Å². The number of amides is 1. The molecule has 2 saturated carbocycles. The third-order valence-corrected chi connectivity index (χ3v) is 9.45. The first-order valence-electron chi connectivity index (χ1n) is 13.0. The van der Waals surface area contributed by atoms with Crippen molar-refractivity contribution >= 4 is 17.4 Å². The highest BCUT2D eigenvalue weighted by atomic mass is 19.1. The molecule has 6 atom stereocenters. The van der Waals surface area contributed by atoms with E-state index in [1.165, 1.54) is 11.6 Å². The van der Waals surface area contributed by atoms with Crippen LogP contribution in [-0.2, 0) is 10.2 Å². The fourth-order valence-corrected chi connectivity index (χ4v) is 7.37. The van der Waals surface area contributed by atoms with Gasteiger partial charge < -0.3 is 15.1 Å². The van der Waals surface area contributed by atoms with E-state index in [0.717, 1.165) is 68.9 Å². The van der Waals surface area contributed by atoms with Gasteiger partial charge in [0.05, 0.1) is 11.5 Å². The molecular weight excluding hydrogens is 443 g/mol. The monoisotopic (exact) mass is 476 g/mol. The third-order valence-electron chi connectivity index (χ3n) is 9.45. The molecule has 1 spiro atoms. The van der Waals surface area contributed by atoms with E-state index in [4.69, 9.17) is 4.98 Å². The second-order valence-electron chi connectivity index (χ2n) is 11.3. The minimum absolute atomic E-state index is 0.0621. The number of nitrogens with zero attached hydrogens (tertiary/aromatic N) is 3. The molecule has 5 aliphatic rings. The largest absolute Gasteiger partial charge is 0.354 e. The molecule has 1 amide bonds. The second kappa shape index (κ2) is 7.98. The molecule has 4 heterocycles. The van der Waals surface area contributed by atoms with Crippen molar-refractivity contribution in [2.24, 2.45) is 17.8 Å². The summed E-state index contributed by atoms with van der Waals surface area (Å²) in [6, 6.07) is 9.76. The standard InChI is InChI=1S/C27H33FN6O/c1-33-8-10-34(11-9-33)24-7-3-17(15-29-24)25-19-5-2-16(12-23(19)31-32-25)21-14-27(21)20-13-18(28)4-6-22(20)30-26(27)35/h3-4,6-7,13,15-16,19,21,23,25,31-32H,2,5,8-12,14H2,1H3,(H,30,35)/t16?,19?,21-,23?,25?,27-/m0/s1. The Hall–Kier alpha value is -2.55. The third kappa shape index (κ3) is 3.41.